The second-order valence-electron chi connectivity index (χ2n) is 3.39. The highest BCUT2D eigenvalue weighted by Gasteiger charge is 2.08. The normalized spacial score (nSPS) is 10.0. The van der Waals surface area contributed by atoms with Crippen molar-refractivity contribution in [1.29, 1.82) is 0 Å². The van der Waals surface area contributed by atoms with Crippen molar-refractivity contribution in [1.82, 2.24) is 4.98 Å². The van der Waals surface area contributed by atoms with Gasteiger partial charge in [-0.3, -0.25) is 4.79 Å². The largest absolute Gasteiger partial charge is 0.480 e. The van der Waals surface area contributed by atoms with Gasteiger partial charge in [0, 0.05) is 10.6 Å². The zero-order chi connectivity index (χ0) is 12.3. The van der Waals surface area contributed by atoms with Crippen LogP contribution in [0.1, 0.15) is 10.4 Å². The van der Waals surface area contributed by atoms with Crippen LogP contribution in [0.3, 0.4) is 0 Å². The Labute approximate surface area is 104 Å². The summed E-state index contributed by atoms with van der Waals surface area (Å²) in [6.45, 7) is 0. The van der Waals surface area contributed by atoms with Crippen molar-refractivity contribution < 1.29 is 9.53 Å². The molecule has 0 amide bonds. The van der Waals surface area contributed by atoms with E-state index in [1.807, 2.05) is 18.2 Å². The Balaban J connectivity index is 2.54. The lowest BCUT2D eigenvalue weighted by atomic mass is 10.1. The first-order valence-corrected chi connectivity index (χ1v) is 5.39. The molecular formula is C13H10ClNO2. The fourth-order valence-electron chi connectivity index (χ4n) is 1.52. The zero-order valence-electron chi connectivity index (χ0n) is 9.18. The number of aromatic nitrogens is 1. The lowest BCUT2D eigenvalue weighted by Gasteiger charge is -2.07. The maximum Gasteiger partial charge on any atom is 0.224 e. The Bertz CT molecular complexity index is 555. The van der Waals surface area contributed by atoms with Crippen molar-refractivity contribution >= 4 is 17.9 Å². The van der Waals surface area contributed by atoms with Crippen LogP contribution in [0.4, 0.5) is 0 Å². The number of aldehydes is 1. The third-order valence-electron chi connectivity index (χ3n) is 2.36. The summed E-state index contributed by atoms with van der Waals surface area (Å²) in [5, 5.41) is 0.612. The molecule has 1 heterocycles. The molecule has 86 valence electrons. The van der Waals surface area contributed by atoms with Crippen molar-refractivity contribution in [2.75, 3.05) is 7.11 Å². The average molecular weight is 248 g/mol. The Morgan fingerprint density at radius 2 is 2.00 bits per heavy atom. The summed E-state index contributed by atoms with van der Waals surface area (Å²) in [7, 11) is 1.48. The van der Waals surface area contributed by atoms with Crippen molar-refractivity contribution in [2.24, 2.45) is 0 Å². The van der Waals surface area contributed by atoms with E-state index in [4.69, 9.17) is 16.3 Å². The first-order chi connectivity index (χ1) is 8.26. The van der Waals surface area contributed by atoms with Gasteiger partial charge in [0.1, 0.15) is 0 Å². The fourth-order valence-corrected chi connectivity index (χ4v) is 1.76. The molecule has 0 atom stereocenters. The van der Waals surface area contributed by atoms with E-state index >= 15 is 0 Å². The van der Waals surface area contributed by atoms with E-state index in [0.717, 1.165) is 5.56 Å². The highest BCUT2D eigenvalue weighted by atomic mass is 35.5. The zero-order valence-corrected chi connectivity index (χ0v) is 9.94. The number of nitrogens with zero attached hydrogens (tertiary/aromatic N) is 1. The van der Waals surface area contributed by atoms with Crippen LogP contribution in [0.5, 0.6) is 5.88 Å². The van der Waals surface area contributed by atoms with Crippen LogP contribution in [-0.4, -0.2) is 18.4 Å². The Kier molecular flexibility index (Phi) is 3.40. The molecule has 1 aromatic heterocycles. The SMILES string of the molecule is COc1nc(-c2ccccc2Cl)ccc1C=O. The second-order valence-corrected chi connectivity index (χ2v) is 3.80. The monoisotopic (exact) mass is 247 g/mol. The highest BCUT2D eigenvalue weighted by Crippen LogP contribution is 2.28. The molecule has 1 aromatic carbocycles. The standard InChI is InChI=1S/C13H10ClNO2/c1-17-13-9(8-16)6-7-12(15-13)10-4-2-3-5-11(10)14/h2-8H,1H3. The minimum atomic E-state index is 0.303. The summed E-state index contributed by atoms with van der Waals surface area (Å²) in [6, 6.07) is 10.8. The number of carbonyl (C=O) groups is 1. The van der Waals surface area contributed by atoms with Crippen molar-refractivity contribution in [3.05, 3.63) is 47.0 Å². The summed E-state index contributed by atoms with van der Waals surface area (Å²) >= 11 is 6.08. The molecule has 0 aliphatic heterocycles. The molecule has 0 bridgehead atoms. The molecule has 3 nitrogen and oxygen atoms in total. The average Bonchev–Trinajstić information content (AvgIpc) is 2.38. The summed E-state index contributed by atoms with van der Waals surface area (Å²) in [5.74, 6) is 0.303. The third kappa shape index (κ3) is 2.29. The molecule has 0 saturated heterocycles. The number of rotatable bonds is 3. The first-order valence-electron chi connectivity index (χ1n) is 5.01. The maximum atomic E-state index is 10.8. The van der Waals surface area contributed by atoms with Crippen LogP contribution in [0.25, 0.3) is 11.3 Å². The van der Waals surface area contributed by atoms with Crippen molar-refractivity contribution in [3.63, 3.8) is 0 Å². The van der Waals surface area contributed by atoms with E-state index < -0.39 is 0 Å². The molecule has 2 aromatic rings. The number of halogens is 1. The minimum absolute atomic E-state index is 0.303. The lowest BCUT2D eigenvalue weighted by Crippen LogP contribution is -1.95. The van der Waals surface area contributed by atoms with E-state index in [9.17, 15) is 4.79 Å². The predicted octanol–water partition coefficient (Wildman–Crippen LogP) is 3.22. The van der Waals surface area contributed by atoms with E-state index in [0.29, 0.717) is 28.4 Å². The fraction of sp³-hybridized carbons (Fsp3) is 0.0769. The van der Waals surface area contributed by atoms with Gasteiger partial charge in [-0.15, -0.1) is 0 Å². The van der Waals surface area contributed by atoms with Crippen molar-refractivity contribution in [2.45, 2.75) is 0 Å². The summed E-state index contributed by atoms with van der Waals surface area (Å²) in [5.41, 5.74) is 1.91. The van der Waals surface area contributed by atoms with E-state index in [1.54, 1.807) is 18.2 Å². The van der Waals surface area contributed by atoms with E-state index in [-0.39, 0.29) is 0 Å². The molecular weight excluding hydrogens is 238 g/mol. The van der Waals surface area contributed by atoms with E-state index in [1.165, 1.54) is 7.11 Å². The molecule has 17 heavy (non-hydrogen) atoms. The van der Waals surface area contributed by atoms with Gasteiger partial charge in [-0.25, -0.2) is 4.98 Å². The van der Waals surface area contributed by atoms with Crippen LogP contribution in [0, 0.1) is 0 Å². The number of benzene rings is 1. The smallest absolute Gasteiger partial charge is 0.224 e. The summed E-state index contributed by atoms with van der Waals surface area (Å²) in [6.07, 6.45) is 0.711. The third-order valence-corrected chi connectivity index (χ3v) is 2.69. The van der Waals surface area contributed by atoms with Crippen LogP contribution in [-0.2, 0) is 0 Å². The summed E-state index contributed by atoms with van der Waals surface area (Å²) < 4.78 is 5.05. The van der Waals surface area contributed by atoms with Gasteiger partial charge in [0.15, 0.2) is 6.29 Å². The first kappa shape index (κ1) is 11.6. The summed E-state index contributed by atoms with van der Waals surface area (Å²) in [4.78, 5) is 15.0. The molecule has 0 fully saturated rings. The van der Waals surface area contributed by atoms with Gasteiger partial charge in [-0.05, 0) is 18.2 Å². The Morgan fingerprint density at radius 3 is 2.65 bits per heavy atom. The van der Waals surface area contributed by atoms with Gasteiger partial charge < -0.3 is 4.74 Å². The molecule has 2 rings (SSSR count). The van der Waals surface area contributed by atoms with Crippen LogP contribution in [0.15, 0.2) is 36.4 Å². The topological polar surface area (TPSA) is 39.2 Å². The minimum Gasteiger partial charge on any atom is -0.480 e. The molecule has 0 unspecified atom stereocenters. The molecule has 0 aliphatic carbocycles. The number of carbonyl (C=O) groups excluding carboxylic acids is 1. The van der Waals surface area contributed by atoms with Crippen LogP contribution in [0.2, 0.25) is 5.02 Å². The molecule has 0 saturated carbocycles. The van der Waals surface area contributed by atoms with Gasteiger partial charge >= 0.3 is 0 Å². The van der Waals surface area contributed by atoms with Gasteiger partial charge in [-0.1, -0.05) is 29.8 Å². The molecule has 0 aliphatic rings. The Hall–Kier alpha value is -1.87. The van der Waals surface area contributed by atoms with Gasteiger partial charge in [0.05, 0.1) is 18.4 Å². The quantitative estimate of drug-likeness (QED) is 0.782. The van der Waals surface area contributed by atoms with Crippen molar-refractivity contribution in [3.8, 4) is 17.1 Å². The molecule has 0 radical (unpaired) electrons. The van der Waals surface area contributed by atoms with Gasteiger partial charge in [0.25, 0.3) is 0 Å². The number of pyridine rings is 1. The Morgan fingerprint density at radius 1 is 1.24 bits per heavy atom. The second kappa shape index (κ2) is 4.97. The highest BCUT2D eigenvalue weighted by molar-refractivity contribution is 6.33. The molecule has 4 heteroatoms. The molecule has 0 N–H and O–H groups in total. The van der Waals surface area contributed by atoms with E-state index in [2.05, 4.69) is 4.98 Å². The number of hydrogen-bond acceptors (Lipinski definition) is 3. The van der Waals surface area contributed by atoms with Gasteiger partial charge in [0.2, 0.25) is 5.88 Å². The number of hydrogen-bond donors (Lipinski definition) is 0. The van der Waals surface area contributed by atoms with Crippen LogP contribution < -0.4 is 4.74 Å². The predicted molar refractivity (Wildman–Crippen MR) is 66.6 cm³/mol. The van der Waals surface area contributed by atoms with Gasteiger partial charge in [-0.2, -0.15) is 0 Å². The molecule has 0 spiro atoms. The maximum absolute atomic E-state index is 10.8. The number of methoxy groups -OCH3 is 1. The number of ether oxygens (including phenoxy) is 1. The lowest BCUT2D eigenvalue weighted by molar-refractivity contribution is 0.112. The van der Waals surface area contributed by atoms with Crippen LogP contribution >= 0.6 is 11.6 Å².